The van der Waals surface area contributed by atoms with Crippen molar-refractivity contribution >= 4 is 17.2 Å². The van der Waals surface area contributed by atoms with E-state index in [0.29, 0.717) is 6.54 Å². The second-order valence-corrected chi connectivity index (χ2v) is 8.23. The number of likely N-dealkylation sites (N-methyl/N-ethyl adjacent to an activating group) is 1. The minimum Gasteiger partial charge on any atom is -0.350 e. The van der Waals surface area contributed by atoms with Gasteiger partial charge in [0.15, 0.2) is 0 Å². The Labute approximate surface area is 163 Å². The van der Waals surface area contributed by atoms with E-state index in [4.69, 9.17) is 5.10 Å². The van der Waals surface area contributed by atoms with Crippen LogP contribution in [-0.4, -0.2) is 47.8 Å². The van der Waals surface area contributed by atoms with Crippen LogP contribution < -0.4 is 5.32 Å². The molecule has 0 atom stereocenters. The molecule has 6 heteroatoms. The summed E-state index contributed by atoms with van der Waals surface area (Å²) in [4.78, 5) is 16.6. The normalized spacial score (nSPS) is 12.7. The van der Waals surface area contributed by atoms with Gasteiger partial charge in [-0.1, -0.05) is 18.2 Å². The highest BCUT2D eigenvalue weighted by atomic mass is 32.1. The van der Waals surface area contributed by atoms with E-state index in [2.05, 4.69) is 40.0 Å². The molecule has 1 aliphatic carbocycles. The van der Waals surface area contributed by atoms with Crippen molar-refractivity contribution in [3.63, 3.8) is 0 Å². The van der Waals surface area contributed by atoms with Gasteiger partial charge >= 0.3 is 0 Å². The lowest BCUT2D eigenvalue weighted by Crippen LogP contribution is -2.30. The van der Waals surface area contributed by atoms with Crippen LogP contribution in [-0.2, 0) is 12.8 Å². The molecular formula is C21H24N4OS. The van der Waals surface area contributed by atoms with Gasteiger partial charge in [0.05, 0.1) is 22.0 Å². The van der Waals surface area contributed by atoms with E-state index in [1.54, 1.807) is 11.3 Å². The van der Waals surface area contributed by atoms with Crippen LogP contribution >= 0.6 is 11.3 Å². The fourth-order valence-electron chi connectivity index (χ4n) is 3.56. The van der Waals surface area contributed by atoms with E-state index in [0.717, 1.165) is 35.6 Å². The standard InChI is InChI=1S/C21H24N4OS/c1-14-19-17(25(23-14)16-7-5-4-6-8-16)10-9-15-13-18(27-20(15)19)21(26)22-11-12-24(2)3/h4-8,13H,9-12H2,1-3H3,(H,22,26). The van der Waals surface area contributed by atoms with Gasteiger partial charge in [-0.15, -0.1) is 11.3 Å². The summed E-state index contributed by atoms with van der Waals surface area (Å²) >= 11 is 1.59. The molecule has 0 aliphatic heterocycles. The lowest BCUT2D eigenvalue weighted by molar-refractivity contribution is 0.0955. The monoisotopic (exact) mass is 380 g/mol. The van der Waals surface area contributed by atoms with Crippen molar-refractivity contribution in [2.24, 2.45) is 0 Å². The highest BCUT2D eigenvalue weighted by molar-refractivity contribution is 7.17. The number of para-hydroxylation sites is 1. The number of thiophene rings is 1. The third kappa shape index (κ3) is 3.42. The van der Waals surface area contributed by atoms with Crippen LogP contribution in [0.2, 0.25) is 0 Å². The maximum absolute atomic E-state index is 12.5. The molecule has 1 aliphatic rings. The smallest absolute Gasteiger partial charge is 0.261 e. The van der Waals surface area contributed by atoms with Gasteiger partial charge < -0.3 is 10.2 Å². The van der Waals surface area contributed by atoms with Gasteiger partial charge in [-0.2, -0.15) is 5.10 Å². The molecule has 1 amide bonds. The molecule has 27 heavy (non-hydrogen) atoms. The minimum atomic E-state index is 0.0194. The fraction of sp³-hybridized carbons (Fsp3) is 0.333. The maximum Gasteiger partial charge on any atom is 0.261 e. The summed E-state index contributed by atoms with van der Waals surface area (Å²) in [6.07, 6.45) is 1.89. The van der Waals surface area contributed by atoms with Crippen molar-refractivity contribution in [1.82, 2.24) is 20.0 Å². The van der Waals surface area contributed by atoms with Crippen LogP contribution in [0.15, 0.2) is 36.4 Å². The molecule has 140 valence electrons. The first-order chi connectivity index (χ1) is 13.0. The SMILES string of the molecule is Cc1nn(-c2ccccc2)c2c1-c1sc(C(=O)NCCN(C)C)cc1CC2. The van der Waals surface area contributed by atoms with Crippen LogP contribution in [0.4, 0.5) is 0 Å². The number of benzene rings is 1. The van der Waals surface area contributed by atoms with Crippen LogP contribution in [0.25, 0.3) is 16.1 Å². The zero-order valence-electron chi connectivity index (χ0n) is 16.0. The average Bonchev–Trinajstić information content (AvgIpc) is 3.23. The van der Waals surface area contributed by atoms with Crippen LogP contribution in [0, 0.1) is 6.92 Å². The second-order valence-electron chi connectivity index (χ2n) is 7.18. The predicted octanol–water partition coefficient (Wildman–Crippen LogP) is 3.30. The van der Waals surface area contributed by atoms with Crippen LogP contribution in [0.1, 0.15) is 26.6 Å². The van der Waals surface area contributed by atoms with Crippen molar-refractivity contribution in [2.75, 3.05) is 27.2 Å². The Morgan fingerprint density at radius 1 is 1.26 bits per heavy atom. The van der Waals surface area contributed by atoms with Gasteiger partial charge in [0.25, 0.3) is 5.91 Å². The Bertz CT molecular complexity index is 972. The number of aromatic nitrogens is 2. The van der Waals surface area contributed by atoms with E-state index >= 15 is 0 Å². The quantitative estimate of drug-likeness (QED) is 0.739. The molecule has 0 unspecified atom stereocenters. The Hall–Kier alpha value is -2.44. The first kappa shape index (κ1) is 17.9. The molecule has 4 rings (SSSR count). The Morgan fingerprint density at radius 2 is 2.04 bits per heavy atom. The first-order valence-corrected chi connectivity index (χ1v) is 10.1. The molecule has 0 saturated carbocycles. The van der Waals surface area contributed by atoms with Gasteiger partial charge in [0, 0.05) is 23.5 Å². The van der Waals surface area contributed by atoms with E-state index < -0.39 is 0 Å². The summed E-state index contributed by atoms with van der Waals surface area (Å²) in [6.45, 7) is 3.55. The number of amides is 1. The third-order valence-electron chi connectivity index (χ3n) is 4.89. The number of carbonyl (C=O) groups excluding carboxylic acids is 1. The van der Waals surface area contributed by atoms with Gasteiger partial charge in [-0.3, -0.25) is 4.79 Å². The fourth-order valence-corrected chi connectivity index (χ4v) is 4.80. The lowest BCUT2D eigenvalue weighted by atomic mass is 9.95. The van der Waals surface area contributed by atoms with Crippen molar-refractivity contribution in [3.8, 4) is 16.1 Å². The molecule has 0 radical (unpaired) electrons. The molecular weight excluding hydrogens is 356 g/mol. The lowest BCUT2D eigenvalue weighted by Gasteiger charge is -2.14. The number of hydrogen-bond acceptors (Lipinski definition) is 4. The van der Waals surface area contributed by atoms with Crippen molar-refractivity contribution in [3.05, 3.63) is 58.2 Å². The zero-order valence-corrected chi connectivity index (χ0v) is 16.8. The van der Waals surface area contributed by atoms with Crippen LogP contribution in [0.3, 0.4) is 0 Å². The number of fused-ring (bicyclic) bond motifs is 3. The molecule has 2 heterocycles. The Balaban J connectivity index is 1.65. The Kier molecular flexibility index (Phi) is 4.85. The highest BCUT2D eigenvalue weighted by Crippen LogP contribution is 2.42. The molecule has 2 aromatic heterocycles. The van der Waals surface area contributed by atoms with Gasteiger partial charge in [-0.05, 0) is 57.6 Å². The molecule has 1 aromatic carbocycles. The summed E-state index contributed by atoms with van der Waals surface area (Å²) in [5.74, 6) is 0.0194. The predicted molar refractivity (Wildman–Crippen MR) is 110 cm³/mol. The number of rotatable bonds is 5. The molecule has 1 N–H and O–H groups in total. The maximum atomic E-state index is 12.5. The molecule has 0 fully saturated rings. The number of carbonyl (C=O) groups is 1. The highest BCUT2D eigenvalue weighted by Gasteiger charge is 2.27. The van der Waals surface area contributed by atoms with E-state index in [1.165, 1.54) is 21.7 Å². The van der Waals surface area contributed by atoms with Gasteiger partial charge in [-0.25, -0.2) is 4.68 Å². The molecule has 0 spiro atoms. The zero-order chi connectivity index (χ0) is 19.0. The summed E-state index contributed by atoms with van der Waals surface area (Å²) < 4.78 is 2.06. The van der Waals surface area contributed by atoms with E-state index in [1.807, 2.05) is 32.3 Å². The number of aryl methyl sites for hydroxylation is 2. The van der Waals surface area contributed by atoms with E-state index in [-0.39, 0.29) is 5.91 Å². The molecule has 0 saturated heterocycles. The number of nitrogens with zero attached hydrogens (tertiary/aromatic N) is 3. The summed E-state index contributed by atoms with van der Waals surface area (Å²) in [5, 5.41) is 7.82. The minimum absolute atomic E-state index is 0.0194. The second kappa shape index (κ2) is 7.29. The van der Waals surface area contributed by atoms with E-state index in [9.17, 15) is 4.79 Å². The topological polar surface area (TPSA) is 50.2 Å². The first-order valence-electron chi connectivity index (χ1n) is 9.24. The summed E-state index contributed by atoms with van der Waals surface area (Å²) in [7, 11) is 4.01. The molecule has 3 aromatic rings. The van der Waals surface area contributed by atoms with Gasteiger partial charge in [0.2, 0.25) is 0 Å². The summed E-state index contributed by atoms with van der Waals surface area (Å²) in [6, 6.07) is 12.3. The summed E-state index contributed by atoms with van der Waals surface area (Å²) in [5.41, 5.74) is 5.82. The van der Waals surface area contributed by atoms with Crippen molar-refractivity contribution in [1.29, 1.82) is 0 Å². The molecule has 0 bridgehead atoms. The van der Waals surface area contributed by atoms with Crippen molar-refractivity contribution in [2.45, 2.75) is 19.8 Å². The largest absolute Gasteiger partial charge is 0.350 e. The number of hydrogen-bond donors (Lipinski definition) is 1. The third-order valence-corrected chi connectivity index (χ3v) is 6.09. The van der Waals surface area contributed by atoms with Gasteiger partial charge in [0.1, 0.15) is 0 Å². The number of nitrogens with one attached hydrogen (secondary N) is 1. The molecule has 5 nitrogen and oxygen atoms in total. The van der Waals surface area contributed by atoms with Crippen molar-refractivity contribution < 1.29 is 4.79 Å². The average molecular weight is 381 g/mol. The van der Waals surface area contributed by atoms with Crippen LogP contribution in [0.5, 0.6) is 0 Å². The Morgan fingerprint density at radius 3 is 2.78 bits per heavy atom.